The molecule has 0 radical (unpaired) electrons. The first-order valence-electron chi connectivity index (χ1n) is 9.63. The van der Waals surface area contributed by atoms with E-state index < -0.39 is 21.9 Å². The summed E-state index contributed by atoms with van der Waals surface area (Å²) < 4.78 is 37.7. The third kappa shape index (κ3) is 4.63. The van der Waals surface area contributed by atoms with Gasteiger partial charge >= 0.3 is 5.97 Å². The minimum Gasteiger partial charge on any atom is -0.492 e. The molecule has 2 aromatic carbocycles. The monoisotopic (exact) mass is 432 g/mol. The molecular formula is C21H24N2O6S. The highest BCUT2D eigenvalue weighted by atomic mass is 32.2. The van der Waals surface area contributed by atoms with Gasteiger partial charge in [-0.15, -0.1) is 0 Å². The third-order valence-corrected chi connectivity index (χ3v) is 6.67. The number of carbonyl (C=O) groups is 2. The number of amides is 1. The van der Waals surface area contributed by atoms with Crippen LogP contribution in [0.15, 0.2) is 47.4 Å². The van der Waals surface area contributed by atoms with E-state index in [1.807, 2.05) is 0 Å². The maximum absolute atomic E-state index is 13.1. The number of carbonyl (C=O) groups excluding carboxylic acids is 2. The molecule has 1 N–H and O–H groups in total. The van der Waals surface area contributed by atoms with Crippen molar-refractivity contribution in [3.8, 4) is 5.75 Å². The molecule has 0 unspecified atom stereocenters. The van der Waals surface area contributed by atoms with Gasteiger partial charge in [0.2, 0.25) is 10.0 Å². The number of nitrogens with zero attached hydrogens (tertiary/aromatic N) is 1. The van der Waals surface area contributed by atoms with Crippen molar-refractivity contribution in [2.24, 2.45) is 0 Å². The maximum Gasteiger partial charge on any atom is 0.337 e. The van der Waals surface area contributed by atoms with Gasteiger partial charge in [0.15, 0.2) is 0 Å². The van der Waals surface area contributed by atoms with E-state index in [0.29, 0.717) is 30.9 Å². The van der Waals surface area contributed by atoms with Gasteiger partial charge in [-0.25, -0.2) is 13.2 Å². The molecule has 30 heavy (non-hydrogen) atoms. The van der Waals surface area contributed by atoms with Crippen molar-refractivity contribution < 1.29 is 27.5 Å². The lowest BCUT2D eigenvalue weighted by Gasteiger charge is -2.19. The molecule has 0 aromatic heterocycles. The topological polar surface area (TPSA) is 102 Å². The molecule has 0 bridgehead atoms. The first kappa shape index (κ1) is 21.8. The first-order valence-corrected chi connectivity index (χ1v) is 11.1. The summed E-state index contributed by atoms with van der Waals surface area (Å²) in [7, 11) is -2.47. The molecule has 1 fully saturated rings. The molecule has 1 amide bonds. The summed E-state index contributed by atoms with van der Waals surface area (Å²) in [5, 5.41) is 2.70. The van der Waals surface area contributed by atoms with Gasteiger partial charge in [-0.2, -0.15) is 4.31 Å². The summed E-state index contributed by atoms with van der Waals surface area (Å²) in [4.78, 5) is 24.2. The Balaban J connectivity index is 1.86. The Morgan fingerprint density at radius 2 is 1.67 bits per heavy atom. The standard InChI is InChI=1S/C21H24N2O6S/c1-3-29-18-11-8-16(14-19(18)30(26,27)23-12-4-5-13-23)20(24)22-17-9-6-15(7-10-17)21(25)28-2/h6-11,14H,3-5,12-13H2,1-2H3,(H,22,24). The highest BCUT2D eigenvalue weighted by Crippen LogP contribution is 2.30. The SMILES string of the molecule is CCOc1ccc(C(=O)Nc2ccc(C(=O)OC)cc2)cc1S(=O)(=O)N1CCCC1. The van der Waals surface area contributed by atoms with E-state index in [0.717, 1.165) is 12.8 Å². The van der Waals surface area contributed by atoms with Crippen LogP contribution in [0.2, 0.25) is 0 Å². The maximum atomic E-state index is 13.1. The van der Waals surface area contributed by atoms with Gasteiger partial charge in [-0.1, -0.05) is 0 Å². The quantitative estimate of drug-likeness (QED) is 0.675. The molecule has 3 rings (SSSR count). The predicted molar refractivity (Wildman–Crippen MR) is 111 cm³/mol. The Morgan fingerprint density at radius 3 is 2.27 bits per heavy atom. The van der Waals surface area contributed by atoms with Crippen LogP contribution in [0.1, 0.15) is 40.5 Å². The van der Waals surface area contributed by atoms with Crippen LogP contribution in [-0.2, 0) is 14.8 Å². The Morgan fingerprint density at radius 1 is 1.03 bits per heavy atom. The van der Waals surface area contributed by atoms with Gasteiger partial charge < -0.3 is 14.8 Å². The van der Waals surface area contributed by atoms with Crippen LogP contribution >= 0.6 is 0 Å². The van der Waals surface area contributed by atoms with E-state index in [9.17, 15) is 18.0 Å². The number of anilines is 1. The fourth-order valence-electron chi connectivity index (χ4n) is 3.20. The predicted octanol–water partition coefficient (Wildman–Crippen LogP) is 2.91. The normalized spacial score (nSPS) is 14.3. The molecule has 0 saturated carbocycles. The summed E-state index contributed by atoms with van der Waals surface area (Å²) in [6.45, 7) is 2.99. The fourth-order valence-corrected chi connectivity index (χ4v) is 4.88. The summed E-state index contributed by atoms with van der Waals surface area (Å²) in [6, 6.07) is 10.6. The van der Waals surface area contributed by atoms with E-state index in [4.69, 9.17) is 4.74 Å². The Bertz CT molecular complexity index is 1030. The lowest BCUT2D eigenvalue weighted by Crippen LogP contribution is -2.28. The minimum absolute atomic E-state index is 0.0139. The van der Waals surface area contributed by atoms with E-state index in [2.05, 4.69) is 10.1 Å². The summed E-state index contributed by atoms with van der Waals surface area (Å²) in [5.74, 6) is -0.721. The van der Waals surface area contributed by atoms with Crippen LogP contribution in [0.5, 0.6) is 5.75 Å². The molecule has 1 aliphatic rings. The Kier molecular flexibility index (Phi) is 6.73. The van der Waals surface area contributed by atoms with E-state index in [1.54, 1.807) is 19.1 Å². The van der Waals surface area contributed by atoms with Gasteiger partial charge in [0, 0.05) is 24.3 Å². The van der Waals surface area contributed by atoms with Crippen LogP contribution in [0, 0.1) is 0 Å². The fraction of sp³-hybridized carbons (Fsp3) is 0.333. The van der Waals surface area contributed by atoms with E-state index >= 15 is 0 Å². The van der Waals surface area contributed by atoms with Crippen molar-refractivity contribution in [2.75, 3.05) is 32.1 Å². The van der Waals surface area contributed by atoms with E-state index in [1.165, 1.54) is 41.7 Å². The van der Waals surface area contributed by atoms with Gasteiger partial charge in [0.1, 0.15) is 10.6 Å². The number of sulfonamides is 1. The van der Waals surface area contributed by atoms with E-state index in [-0.39, 0.29) is 16.2 Å². The molecule has 0 spiro atoms. The van der Waals surface area contributed by atoms with Crippen molar-refractivity contribution in [1.82, 2.24) is 4.31 Å². The molecule has 0 aliphatic carbocycles. The average molecular weight is 432 g/mol. The lowest BCUT2D eigenvalue weighted by molar-refractivity contribution is 0.0600. The number of hydrogen-bond donors (Lipinski definition) is 1. The van der Waals surface area contributed by atoms with Crippen molar-refractivity contribution >= 4 is 27.6 Å². The Hall–Kier alpha value is -2.91. The van der Waals surface area contributed by atoms with Gasteiger partial charge in [0.25, 0.3) is 5.91 Å². The second-order valence-corrected chi connectivity index (χ2v) is 8.64. The number of nitrogens with one attached hydrogen (secondary N) is 1. The largest absolute Gasteiger partial charge is 0.492 e. The molecule has 2 aromatic rings. The second kappa shape index (κ2) is 9.27. The van der Waals surface area contributed by atoms with Gasteiger partial charge in [0.05, 0.1) is 19.3 Å². The van der Waals surface area contributed by atoms with Crippen LogP contribution in [-0.4, -0.2) is 51.4 Å². The highest BCUT2D eigenvalue weighted by molar-refractivity contribution is 7.89. The zero-order chi connectivity index (χ0) is 21.7. The van der Waals surface area contributed by atoms with Crippen LogP contribution in [0.3, 0.4) is 0 Å². The molecule has 0 atom stereocenters. The first-order chi connectivity index (χ1) is 14.4. The van der Waals surface area contributed by atoms with Gasteiger partial charge in [-0.3, -0.25) is 4.79 Å². The zero-order valence-electron chi connectivity index (χ0n) is 16.9. The zero-order valence-corrected chi connectivity index (χ0v) is 17.7. The van der Waals surface area contributed by atoms with Crippen LogP contribution in [0.25, 0.3) is 0 Å². The van der Waals surface area contributed by atoms with Crippen molar-refractivity contribution in [1.29, 1.82) is 0 Å². The van der Waals surface area contributed by atoms with Crippen molar-refractivity contribution in [3.63, 3.8) is 0 Å². The van der Waals surface area contributed by atoms with Crippen molar-refractivity contribution in [2.45, 2.75) is 24.7 Å². The van der Waals surface area contributed by atoms with Crippen LogP contribution in [0.4, 0.5) is 5.69 Å². The summed E-state index contributed by atoms with van der Waals surface area (Å²) >= 11 is 0. The smallest absolute Gasteiger partial charge is 0.337 e. The lowest BCUT2D eigenvalue weighted by atomic mass is 10.1. The summed E-state index contributed by atoms with van der Waals surface area (Å²) in [6.07, 6.45) is 1.62. The highest BCUT2D eigenvalue weighted by Gasteiger charge is 2.30. The number of hydrogen-bond acceptors (Lipinski definition) is 6. The van der Waals surface area contributed by atoms with Gasteiger partial charge in [-0.05, 0) is 62.2 Å². The molecule has 1 aliphatic heterocycles. The average Bonchev–Trinajstić information content (AvgIpc) is 3.30. The number of esters is 1. The number of rotatable bonds is 7. The van der Waals surface area contributed by atoms with Crippen LogP contribution < -0.4 is 10.1 Å². The molecule has 9 heteroatoms. The number of benzene rings is 2. The molecule has 160 valence electrons. The number of ether oxygens (including phenoxy) is 2. The third-order valence-electron chi connectivity index (χ3n) is 4.75. The Labute approximate surface area is 175 Å². The molecule has 1 saturated heterocycles. The minimum atomic E-state index is -3.76. The second-order valence-electron chi connectivity index (χ2n) is 6.73. The van der Waals surface area contributed by atoms with Crippen molar-refractivity contribution in [3.05, 3.63) is 53.6 Å². The summed E-state index contributed by atoms with van der Waals surface area (Å²) in [5.41, 5.74) is 1.01. The molecule has 8 nitrogen and oxygen atoms in total. The molecular weight excluding hydrogens is 408 g/mol. The molecule has 1 heterocycles. The number of methoxy groups -OCH3 is 1.